The zero-order valence-electron chi connectivity index (χ0n) is 21.5. The van der Waals surface area contributed by atoms with Crippen LogP contribution in [0.2, 0.25) is 0 Å². The Kier molecular flexibility index (Phi) is 7.88. The van der Waals surface area contributed by atoms with Gasteiger partial charge in [0, 0.05) is 17.7 Å². The van der Waals surface area contributed by atoms with Crippen LogP contribution in [0, 0.1) is 11.7 Å². The van der Waals surface area contributed by atoms with E-state index in [1.807, 2.05) is 30.3 Å². The first-order chi connectivity index (χ1) is 19.1. The van der Waals surface area contributed by atoms with Gasteiger partial charge in [-0.15, -0.1) is 0 Å². The third kappa shape index (κ3) is 5.86. The lowest BCUT2D eigenvalue weighted by Crippen LogP contribution is -2.29. The Balaban J connectivity index is 1.45. The third-order valence-electron chi connectivity index (χ3n) is 7.42. The molecule has 9 heteroatoms. The topological polar surface area (TPSA) is 118 Å². The molecule has 0 radical (unpaired) electrons. The highest BCUT2D eigenvalue weighted by atomic mass is 31.2. The quantitative estimate of drug-likeness (QED) is 0.208. The van der Waals surface area contributed by atoms with Crippen LogP contribution >= 0.6 is 7.60 Å². The Morgan fingerprint density at radius 1 is 0.900 bits per heavy atom. The molecule has 3 atom stereocenters. The minimum atomic E-state index is -4.37. The van der Waals surface area contributed by atoms with E-state index in [1.54, 1.807) is 47.4 Å². The molecule has 1 unspecified atom stereocenters. The smallest absolute Gasteiger partial charge is 0.356 e. The van der Waals surface area contributed by atoms with Crippen LogP contribution in [0.15, 0.2) is 97.1 Å². The number of nitrogens with zero attached hydrogens (tertiary/aromatic N) is 1. The standard InChI is InChI=1S/C31H29FNO6P/c32-24-12-6-21(7-13-24)28(34)17-11-23-19-30(36)33(25-4-2-1-3-5-25)31(23)27-16-10-22(18-29(27)35)20-8-14-26(15-9-20)40(37,38)39/h1-10,12-16,18,23,28,31,34-35H,11,17,19H2,(H2,37,38,39)/t23-,28?,31+/m1/s1. The van der Waals surface area contributed by atoms with Gasteiger partial charge in [0.2, 0.25) is 5.91 Å². The summed E-state index contributed by atoms with van der Waals surface area (Å²) in [6.45, 7) is 0. The van der Waals surface area contributed by atoms with E-state index in [-0.39, 0.29) is 35.1 Å². The summed E-state index contributed by atoms with van der Waals surface area (Å²) >= 11 is 0. The van der Waals surface area contributed by atoms with Crippen molar-refractivity contribution >= 4 is 24.5 Å². The molecule has 1 fully saturated rings. The molecule has 1 aliphatic rings. The van der Waals surface area contributed by atoms with Crippen molar-refractivity contribution in [2.45, 2.75) is 31.4 Å². The number of rotatable bonds is 8. The van der Waals surface area contributed by atoms with Gasteiger partial charge in [-0.05, 0) is 77.9 Å². The number of aromatic hydroxyl groups is 1. The van der Waals surface area contributed by atoms with Crippen LogP contribution in [0.1, 0.15) is 42.5 Å². The number of aliphatic hydroxyl groups excluding tert-OH is 1. The molecule has 0 aliphatic carbocycles. The molecule has 40 heavy (non-hydrogen) atoms. The Labute approximate surface area is 231 Å². The first-order valence-corrected chi connectivity index (χ1v) is 14.5. The van der Waals surface area contributed by atoms with Gasteiger partial charge in [-0.2, -0.15) is 0 Å². The number of amides is 1. The summed E-state index contributed by atoms with van der Waals surface area (Å²) in [6.07, 6.45) is 0.256. The lowest BCUT2D eigenvalue weighted by atomic mass is 9.86. The number of halogens is 1. The zero-order chi connectivity index (χ0) is 28.4. The lowest BCUT2D eigenvalue weighted by Gasteiger charge is -2.30. The normalized spacial score (nSPS) is 18.2. The van der Waals surface area contributed by atoms with E-state index in [4.69, 9.17) is 0 Å². The van der Waals surface area contributed by atoms with Crippen molar-refractivity contribution in [3.63, 3.8) is 0 Å². The highest BCUT2D eigenvalue weighted by Crippen LogP contribution is 2.47. The number of carbonyl (C=O) groups is 1. The van der Waals surface area contributed by atoms with Crippen LogP contribution in [-0.4, -0.2) is 25.9 Å². The van der Waals surface area contributed by atoms with E-state index in [0.717, 1.165) is 0 Å². The van der Waals surface area contributed by atoms with Crippen LogP contribution in [0.5, 0.6) is 5.75 Å². The van der Waals surface area contributed by atoms with Gasteiger partial charge in [-0.3, -0.25) is 9.36 Å². The van der Waals surface area contributed by atoms with Crippen molar-refractivity contribution in [3.8, 4) is 16.9 Å². The van der Waals surface area contributed by atoms with Gasteiger partial charge >= 0.3 is 7.60 Å². The number of phenols is 1. The molecule has 1 amide bonds. The summed E-state index contributed by atoms with van der Waals surface area (Å²) in [4.78, 5) is 33.8. The van der Waals surface area contributed by atoms with E-state index in [2.05, 4.69) is 0 Å². The van der Waals surface area contributed by atoms with Crippen LogP contribution in [0.25, 0.3) is 11.1 Å². The Hall–Kier alpha value is -3.81. The molecule has 5 rings (SSSR count). The maximum Gasteiger partial charge on any atom is 0.356 e. The van der Waals surface area contributed by atoms with Gasteiger partial charge in [-0.1, -0.05) is 54.6 Å². The first-order valence-electron chi connectivity index (χ1n) is 12.9. The maximum atomic E-state index is 13.3. The fourth-order valence-corrected chi connectivity index (χ4v) is 5.93. The molecular formula is C31H29FNO6P. The average Bonchev–Trinajstić information content (AvgIpc) is 3.27. The molecule has 0 spiro atoms. The van der Waals surface area contributed by atoms with Crippen molar-refractivity contribution in [1.82, 2.24) is 0 Å². The maximum absolute atomic E-state index is 13.3. The van der Waals surface area contributed by atoms with Gasteiger partial charge in [0.1, 0.15) is 11.6 Å². The second kappa shape index (κ2) is 11.4. The summed E-state index contributed by atoms with van der Waals surface area (Å²) in [5, 5.41) is 21.9. The molecule has 1 saturated heterocycles. The van der Waals surface area contributed by atoms with Crippen molar-refractivity contribution < 1.29 is 33.7 Å². The SMILES string of the molecule is O=C1C[C@@H](CCC(O)c2ccc(F)cc2)[C@@H](c2ccc(-c3ccc(P(=O)(O)O)cc3)cc2O)N1c1ccccc1. The summed E-state index contributed by atoms with van der Waals surface area (Å²) < 4.78 is 24.8. The predicted octanol–water partition coefficient (Wildman–Crippen LogP) is 5.61. The largest absolute Gasteiger partial charge is 0.508 e. The molecule has 0 bridgehead atoms. The first kappa shape index (κ1) is 27.7. The second-order valence-corrected chi connectivity index (χ2v) is 11.6. The van der Waals surface area contributed by atoms with E-state index in [0.29, 0.717) is 40.8 Å². The van der Waals surface area contributed by atoms with E-state index in [9.17, 15) is 33.7 Å². The van der Waals surface area contributed by atoms with Crippen LogP contribution in [0.3, 0.4) is 0 Å². The minimum Gasteiger partial charge on any atom is -0.508 e. The minimum absolute atomic E-state index is 0.0127. The van der Waals surface area contributed by atoms with Gasteiger partial charge in [-0.25, -0.2) is 4.39 Å². The van der Waals surface area contributed by atoms with Crippen molar-refractivity contribution in [1.29, 1.82) is 0 Å². The fraction of sp³-hybridized carbons (Fsp3) is 0.194. The van der Waals surface area contributed by atoms with Gasteiger partial charge in [0.05, 0.1) is 17.5 Å². The van der Waals surface area contributed by atoms with Crippen molar-refractivity contribution in [2.75, 3.05) is 4.90 Å². The monoisotopic (exact) mass is 561 g/mol. The van der Waals surface area contributed by atoms with E-state index >= 15 is 0 Å². The van der Waals surface area contributed by atoms with Crippen LogP contribution in [-0.2, 0) is 9.36 Å². The number of hydrogen-bond donors (Lipinski definition) is 4. The Morgan fingerprint density at radius 2 is 1.55 bits per heavy atom. The molecule has 7 nitrogen and oxygen atoms in total. The number of anilines is 1. The fourth-order valence-electron chi connectivity index (χ4n) is 5.39. The molecule has 0 saturated carbocycles. The Bertz CT molecular complexity index is 1540. The number of hydrogen-bond acceptors (Lipinski definition) is 4. The predicted molar refractivity (Wildman–Crippen MR) is 151 cm³/mol. The molecule has 4 aromatic rings. The molecule has 1 heterocycles. The van der Waals surface area contributed by atoms with Gasteiger partial charge < -0.3 is 24.9 Å². The number of benzene rings is 4. The average molecular weight is 562 g/mol. The molecule has 1 aliphatic heterocycles. The Morgan fingerprint density at radius 3 is 2.17 bits per heavy atom. The number of aliphatic hydroxyl groups is 1. The third-order valence-corrected chi connectivity index (χ3v) is 8.39. The number of para-hydroxylation sites is 1. The van der Waals surface area contributed by atoms with Crippen molar-refractivity contribution in [3.05, 3.63) is 114 Å². The second-order valence-electron chi connectivity index (χ2n) is 10.0. The summed E-state index contributed by atoms with van der Waals surface area (Å²) in [7, 11) is -4.37. The molecular weight excluding hydrogens is 532 g/mol. The molecule has 4 aromatic carbocycles. The molecule has 0 aromatic heterocycles. The van der Waals surface area contributed by atoms with Gasteiger partial charge in [0.15, 0.2) is 0 Å². The number of phenolic OH excluding ortho intramolecular Hbond substituents is 1. The van der Waals surface area contributed by atoms with Crippen molar-refractivity contribution in [2.24, 2.45) is 5.92 Å². The highest BCUT2D eigenvalue weighted by Gasteiger charge is 2.42. The molecule has 4 N–H and O–H groups in total. The zero-order valence-corrected chi connectivity index (χ0v) is 22.4. The van der Waals surface area contributed by atoms with Gasteiger partial charge in [0.25, 0.3) is 0 Å². The molecule has 206 valence electrons. The van der Waals surface area contributed by atoms with E-state index in [1.165, 1.54) is 24.3 Å². The highest BCUT2D eigenvalue weighted by molar-refractivity contribution is 7.60. The van der Waals surface area contributed by atoms with Crippen LogP contribution < -0.4 is 10.2 Å². The van der Waals surface area contributed by atoms with Crippen LogP contribution in [0.4, 0.5) is 10.1 Å². The summed E-state index contributed by atoms with van der Waals surface area (Å²) in [5.74, 6) is -0.690. The summed E-state index contributed by atoms with van der Waals surface area (Å²) in [6, 6.07) is 25.5. The number of carbonyl (C=O) groups excluding carboxylic acids is 1. The lowest BCUT2D eigenvalue weighted by molar-refractivity contribution is -0.117. The summed E-state index contributed by atoms with van der Waals surface area (Å²) in [5.41, 5.74) is 3.18. The van der Waals surface area contributed by atoms with E-state index < -0.39 is 19.7 Å².